The molecular formula is C15H13F3O2. The minimum atomic E-state index is -4.40. The van der Waals surface area contributed by atoms with Gasteiger partial charge < -0.3 is 9.84 Å². The van der Waals surface area contributed by atoms with Crippen LogP contribution in [0.3, 0.4) is 0 Å². The van der Waals surface area contributed by atoms with Crippen LogP contribution in [0.1, 0.15) is 11.1 Å². The molecule has 0 radical (unpaired) electrons. The Morgan fingerprint density at radius 2 is 1.85 bits per heavy atom. The Kier molecular flexibility index (Phi) is 3.99. The van der Waals surface area contributed by atoms with Gasteiger partial charge in [0.25, 0.3) is 0 Å². The van der Waals surface area contributed by atoms with Gasteiger partial charge in [0, 0.05) is 5.56 Å². The number of aliphatic hydroxyl groups is 1. The van der Waals surface area contributed by atoms with Crippen LogP contribution in [-0.4, -0.2) is 12.2 Å². The highest BCUT2D eigenvalue weighted by atomic mass is 19.4. The van der Waals surface area contributed by atoms with Gasteiger partial charge in [0.15, 0.2) is 0 Å². The molecule has 0 aliphatic heterocycles. The minimum absolute atomic E-state index is 0.128. The molecule has 2 rings (SSSR count). The van der Waals surface area contributed by atoms with E-state index in [9.17, 15) is 13.2 Å². The van der Waals surface area contributed by atoms with E-state index in [-0.39, 0.29) is 12.4 Å². The number of hydrogen-bond donors (Lipinski definition) is 1. The molecule has 0 heterocycles. The van der Waals surface area contributed by atoms with Crippen LogP contribution >= 0.6 is 0 Å². The molecule has 0 unspecified atom stereocenters. The predicted octanol–water partition coefficient (Wildman–Crippen LogP) is 3.87. The molecular weight excluding hydrogens is 269 g/mol. The molecule has 2 nitrogen and oxygen atoms in total. The van der Waals surface area contributed by atoms with Crippen LogP contribution in [-0.2, 0) is 12.8 Å². The molecule has 20 heavy (non-hydrogen) atoms. The molecule has 106 valence electrons. The molecule has 5 heteroatoms. The molecule has 0 aliphatic rings. The van der Waals surface area contributed by atoms with Crippen LogP contribution in [0.4, 0.5) is 13.2 Å². The molecule has 0 saturated heterocycles. The van der Waals surface area contributed by atoms with Crippen molar-refractivity contribution in [3.05, 3.63) is 53.6 Å². The van der Waals surface area contributed by atoms with E-state index < -0.39 is 11.7 Å². The zero-order valence-corrected chi connectivity index (χ0v) is 10.7. The zero-order chi connectivity index (χ0) is 14.8. The van der Waals surface area contributed by atoms with Gasteiger partial charge in [0.2, 0.25) is 0 Å². The molecule has 2 aromatic rings. The lowest BCUT2D eigenvalue weighted by Crippen LogP contribution is -2.05. The summed E-state index contributed by atoms with van der Waals surface area (Å²) in [6.07, 6.45) is -4.40. The summed E-state index contributed by atoms with van der Waals surface area (Å²) in [7, 11) is 1.33. The zero-order valence-electron chi connectivity index (χ0n) is 10.7. The van der Waals surface area contributed by atoms with Crippen molar-refractivity contribution in [2.45, 2.75) is 12.8 Å². The Hall–Kier alpha value is -2.01. The Labute approximate surface area is 114 Å². The highest BCUT2D eigenvalue weighted by Gasteiger charge is 2.31. The molecule has 0 atom stereocenters. The number of methoxy groups -OCH3 is 1. The molecule has 1 N–H and O–H groups in total. The third-order valence-electron chi connectivity index (χ3n) is 2.95. The number of alkyl halides is 3. The van der Waals surface area contributed by atoms with E-state index in [4.69, 9.17) is 9.84 Å². The number of aliphatic hydroxyl groups excluding tert-OH is 1. The van der Waals surface area contributed by atoms with Gasteiger partial charge in [-0.3, -0.25) is 0 Å². The van der Waals surface area contributed by atoms with Crippen molar-refractivity contribution in [1.29, 1.82) is 0 Å². The number of halogens is 3. The van der Waals surface area contributed by atoms with Gasteiger partial charge in [0.1, 0.15) is 5.75 Å². The SMILES string of the molecule is COc1cc(C(F)(F)F)ccc1-c1cccc(CO)c1. The molecule has 0 spiro atoms. The lowest BCUT2D eigenvalue weighted by atomic mass is 10.0. The smallest absolute Gasteiger partial charge is 0.416 e. The van der Waals surface area contributed by atoms with E-state index in [1.165, 1.54) is 13.2 Å². The monoisotopic (exact) mass is 282 g/mol. The second-order valence-electron chi connectivity index (χ2n) is 4.27. The highest BCUT2D eigenvalue weighted by molar-refractivity contribution is 5.71. The fourth-order valence-corrected chi connectivity index (χ4v) is 1.94. The van der Waals surface area contributed by atoms with Crippen LogP contribution < -0.4 is 4.74 Å². The van der Waals surface area contributed by atoms with E-state index in [1.807, 2.05) is 0 Å². The maximum atomic E-state index is 12.7. The molecule has 0 fully saturated rings. The molecule has 0 amide bonds. The average molecular weight is 282 g/mol. The van der Waals surface area contributed by atoms with Gasteiger partial charge in [0.05, 0.1) is 19.3 Å². The number of rotatable bonds is 3. The topological polar surface area (TPSA) is 29.5 Å². The molecule has 2 aromatic carbocycles. The lowest BCUT2D eigenvalue weighted by Gasteiger charge is -2.13. The molecule has 0 aliphatic carbocycles. The number of hydrogen-bond acceptors (Lipinski definition) is 2. The maximum absolute atomic E-state index is 12.7. The van der Waals surface area contributed by atoms with Crippen LogP contribution in [0.2, 0.25) is 0 Å². The van der Waals surface area contributed by atoms with Gasteiger partial charge in [-0.05, 0) is 29.3 Å². The summed E-state index contributed by atoms with van der Waals surface area (Å²) in [5.74, 6) is 0.148. The first kappa shape index (κ1) is 14.4. The summed E-state index contributed by atoms with van der Waals surface area (Å²) in [5.41, 5.74) is 1.18. The summed E-state index contributed by atoms with van der Waals surface area (Å²) in [5, 5.41) is 9.11. The van der Waals surface area contributed by atoms with Crippen molar-refractivity contribution >= 4 is 0 Å². The van der Waals surface area contributed by atoms with E-state index in [0.717, 1.165) is 12.1 Å². The van der Waals surface area contributed by atoms with E-state index in [2.05, 4.69) is 0 Å². The van der Waals surface area contributed by atoms with Gasteiger partial charge in [-0.1, -0.05) is 24.3 Å². The Morgan fingerprint density at radius 1 is 1.10 bits per heavy atom. The summed E-state index contributed by atoms with van der Waals surface area (Å²) < 4.78 is 43.1. The summed E-state index contributed by atoms with van der Waals surface area (Å²) in [6, 6.07) is 10.3. The first-order valence-electron chi connectivity index (χ1n) is 5.91. The second-order valence-corrected chi connectivity index (χ2v) is 4.27. The molecule has 0 aromatic heterocycles. The standard InChI is InChI=1S/C15H13F3O2/c1-20-14-8-12(15(16,17)18)5-6-13(14)11-4-2-3-10(7-11)9-19/h2-8,19H,9H2,1H3. The van der Waals surface area contributed by atoms with Gasteiger partial charge in [-0.15, -0.1) is 0 Å². The molecule has 0 bridgehead atoms. The fraction of sp³-hybridized carbons (Fsp3) is 0.200. The summed E-state index contributed by atoms with van der Waals surface area (Å²) in [4.78, 5) is 0. The van der Waals surface area contributed by atoms with Crippen molar-refractivity contribution in [1.82, 2.24) is 0 Å². The fourth-order valence-electron chi connectivity index (χ4n) is 1.94. The quantitative estimate of drug-likeness (QED) is 0.926. The Balaban J connectivity index is 2.51. The van der Waals surface area contributed by atoms with Gasteiger partial charge in [-0.25, -0.2) is 0 Å². The van der Waals surface area contributed by atoms with E-state index in [1.54, 1.807) is 24.3 Å². The average Bonchev–Trinajstić information content (AvgIpc) is 2.45. The van der Waals surface area contributed by atoms with Crippen molar-refractivity contribution in [3.8, 4) is 16.9 Å². The van der Waals surface area contributed by atoms with Crippen molar-refractivity contribution in [3.63, 3.8) is 0 Å². The van der Waals surface area contributed by atoms with Gasteiger partial charge >= 0.3 is 6.18 Å². The summed E-state index contributed by atoms with van der Waals surface area (Å²) in [6.45, 7) is -0.128. The highest BCUT2D eigenvalue weighted by Crippen LogP contribution is 2.37. The van der Waals surface area contributed by atoms with Crippen LogP contribution in [0.5, 0.6) is 5.75 Å². The third kappa shape index (κ3) is 2.93. The van der Waals surface area contributed by atoms with Gasteiger partial charge in [-0.2, -0.15) is 13.2 Å². The lowest BCUT2D eigenvalue weighted by molar-refractivity contribution is -0.137. The van der Waals surface area contributed by atoms with E-state index >= 15 is 0 Å². The Morgan fingerprint density at radius 3 is 2.45 bits per heavy atom. The van der Waals surface area contributed by atoms with Crippen LogP contribution in [0.25, 0.3) is 11.1 Å². The summed E-state index contributed by atoms with van der Waals surface area (Å²) >= 11 is 0. The van der Waals surface area contributed by atoms with Crippen LogP contribution in [0.15, 0.2) is 42.5 Å². The first-order valence-corrected chi connectivity index (χ1v) is 5.91. The van der Waals surface area contributed by atoms with Crippen molar-refractivity contribution in [2.75, 3.05) is 7.11 Å². The second kappa shape index (κ2) is 5.54. The van der Waals surface area contributed by atoms with Crippen LogP contribution in [0, 0.1) is 0 Å². The number of ether oxygens (including phenoxy) is 1. The predicted molar refractivity (Wildman–Crippen MR) is 69.4 cm³/mol. The normalized spacial score (nSPS) is 11.4. The Bertz CT molecular complexity index is 606. The minimum Gasteiger partial charge on any atom is -0.496 e. The van der Waals surface area contributed by atoms with Crippen molar-refractivity contribution in [2.24, 2.45) is 0 Å². The maximum Gasteiger partial charge on any atom is 0.416 e. The first-order chi connectivity index (χ1) is 9.45. The van der Waals surface area contributed by atoms with Crippen molar-refractivity contribution < 1.29 is 23.0 Å². The number of benzene rings is 2. The third-order valence-corrected chi connectivity index (χ3v) is 2.95. The van der Waals surface area contributed by atoms with E-state index in [0.29, 0.717) is 16.7 Å². The molecule has 0 saturated carbocycles. The largest absolute Gasteiger partial charge is 0.496 e.